The SMILES string of the molecule is CSc1nc(Cl)c2c(O)c(C(=O)OCc3ccccc3)n(C)c2n1. The summed E-state index contributed by atoms with van der Waals surface area (Å²) in [5.41, 5.74) is 1.23. The largest absolute Gasteiger partial charge is 0.505 e. The fourth-order valence-corrected chi connectivity index (χ4v) is 3.01. The molecule has 0 fully saturated rings. The number of aromatic hydroxyl groups is 1. The molecule has 0 amide bonds. The maximum Gasteiger partial charge on any atom is 0.359 e. The maximum atomic E-state index is 12.4. The first-order valence-corrected chi connectivity index (χ1v) is 8.63. The van der Waals surface area contributed by atoms with Gasteiger partial charge in [-0.05, 0) is 11.8 Å². The van der Waals surface area contributed by atoms with E-state index in [9.17, 15) is 9.90 Å². The second-order valence-electron chi connectivity index (χ2n) is 5.02. The van der Waals surface area contributed by atoms with E-state index in [0.717, 1.165) is 5.56 Å². The number of esters is 1. The monoisotopic (exact) mass is 363 g/mol. The molecule has 0 spiro atoms. The predicted molar refractivity (Wildman–Crippen MR) is 92.5 cm³/mol. The van der Waals surface area contributed by atoms with Crippen LogP contribution in [0.5, 0.6) is 5.75 Å². The van der Waals surface area contributed by atoms with Crippen LogP contribution in [0.25, 0.3) is 11.0 Å². The van der Waals surface area contributed by atoms with Crippen LogP contribution < -0.4 is 0 Å². The molecule has 1 aromatic carbocycles. The van der Waals surface area contributed by atoms with Gasteiger partial charge in [0.15, 0.2) is 16.6 Å². The molecule has 2 aromatic heterocycles. The van der Waals surface area contributed by atoms with E-state index in [4.69, 9.17) is 16.3 Å². The van der Waals surface area contributed by atoms with Crippen LogP contribution in [0.15, 0.2) is 35.5 Å². The van der Waals surface area contributed by atoms with Gasteiger partial charge >= 0.3 is 5.97 Å². The normalized spacial score (nSPS) is 11.0. The van der Waals surface area contributed by atoms with Crippen LogP contribution in [-0.4, -0.2) is 31.9 Å². The van der Waals surface area contributed by atoms with E-state index in [-0.39, 0.29) is 28.6 Å². The van der Waals surface area contributed by atoms with Gasteiger partial charge in [0.25, 0.3) is 0 Å². The number of carbonyl (C=O) groups excluding carboxylic acids is 1. The van der Waals surface area contributed by atoms with Crippen molar-refractivity contribution in [2.24, 2.45) is 7.05 Å². The Morgan fingerprint density at radius 1 is 1.33 bits per heavy atom. The second kappa shape index (κ2) is 6.70. The Hall–Kier alpha value is -2.25. The van der Waals surface area contributed by atoms with E-state index >= 15 is 0 Å². The lowest BCUT2D eigenvalue weighted by Gasteiger charge is -2.06. The van der Waals surface area contributed by atoms with Gasteiger partial charge in [-0.1, -0.05) is 53.7 Å². The molecule has 0 radical (unpaired) electrons. The quantitative estimate of drug-likeness (QED) is 0.331. The highest BCUT2D eigenvalue weighted by atomic mass is 35.5. The Kier molecular flexibility index (Phi) is 4.64. The van der Waals surface area contributed by atoms with Crippen molar-refractivity contribution in [1.82, 2.24) is 14.5 Å². The van der Waals surface area contributed by atoms with Crippen LogP contribution in [0.2, 0.25) is 5.15 Å². The molecule has 3 aromatic rings. The first-order chi connectivity index (χ1) is 11.5. The van der Waals surface area contributed by atoms with Gasteiger partial charge in [-0.25, -0.2) is 14.8 Å². The minimum Gasteiger partial charge on any atom is -0.505 e. The van der Waals surface area contributed by atoms with Crippen LogP contribution in [0.4, 0.5) is 0 Å². The van der Waals surface area contributed by atoms with E-state index in [0.29, 0.717) is 10.8 Å². The van der Waals surface area contributed by atoms with Gasteiger partial charge in [-0.15, -0.1) is 0 Å². The third kappa shape index (κ3) is 2.92. The van der Waals surface area contributed by atoms with Gasteiger partial charge in [0.05, 0.1) is 5.39 Å². The van der Waals surface area contributed by atoms with Crippen LogP contribution >= 0.6 is 23.4 Å². The average molecular weight is 364 g/mol. The van der Waals surface area contributed by atoms with Crippen molar-refractivity contribution < 1.29 is 14.6 Å². The number of hydrogen-bond donors (Lipinski definition) is 1. The molecule has 0 bridgehead atoms. The standard InChI is InChI=1S/C16H14ClN3O3S/c1-20-11(15(22)23-8-9-6-4-3-5-7-9)12(21)10-13(17)18-16(24-2)19-14(10)20/h3-7,21H,8H2,1-2H3. The van der Waals surface area contributed by atoms with E-state index in [2.05, 4.69) is 9.97 Å². The molecule has 0 aliphatic heterocycles. The van der Waals surface area contributed by atoms with Gasteiger partial charge < -0.3 is 14.4 Å². The van der Waals surface area contributed by atoms with Gasteiger partial charge in [-0.3, -0.25) is 0 Å². The number of benzene rings is 1. The smallest absolute Gasteiger partial charge is 0.359 e. The lowest BCUT2D eigenvalue weighted by Crippen LogP contribution is -2.10. The molecule has 124 valence electrons. The second-order valence-corrected chi connectivity index (χ2v) is 6.15. The van der Waals surface area contributed by atoms with E-state index in [1.54, 1.807) is 7.05 Å². The number of aryl methyl sites for hydroxylation is 1. The van der Waals surface area contributed by atoms with Crippen molar-refractivity contribution in [1.29, 1.82) is 0 Å². The summed E-state index contributed by atoms with van der Waals surface area (Å²) < 4.78 is 6.75. The van der Waals surface area contributed by atoms with Crippen LogP contribution in [0.3, 0.4) is 0 Å². The van der Waals surface area contributed by atoms with Crippen molar-refractivity contribution in [3.8, 4) is 5.75 Å². The minimum absolute atomic E-state index is 0.00427. The molecule has 3 rings (SSSR count). The number of fused-ring (bicyclic) bond motifs is 1. The van der Waals surface area contributed by atoms with Crippen LogP contribution in [0, 0.1) is 0 Å². The zero-order valence-electron chi connectivity index (χ0n) is 13.0. The molecule has 2 heterocycles. The Balaban J connectivity index is 1.97. The summed E-state index contributed by atoms with van der Waals surface area (Å²) in [7, 11) is 1.62. The highest BCUT2D eigenvalue weighted by Gasteiger charge is 2.26. The molecule has 0 saturated heterocycles. The summed E-state index contributed by atoms with van der Waals surface area (Å²) in [5.74, 6) is -0.929. The average Bonchev–Trinajstić information content (AvgIpc) is 2.85. The first kappa shape index (κ1) is 16.6. The number of halogens is 1. The molecule has 0 saturated carbocycles. The Bertz CT molecular complexity index is 912. The maximum absolute atomic E-state index is 12.4. The lowest BCUT2D eigenvalue weighted by molar-refractivity contribution is 0.0458. The molecule has 1 N–H and O–H groups in total. The molecule has 0 unspecified atom stereocenters. The molecular formula is C16H14ClN3O3S. The number of rotatable bonds is 4. The van der Waals surface area contributed by atoms with E-state index in [1.165, 1.54) is 16.3 Å². The first-order valence-electron chi connectivity index (χ1n) is 7.02. The fraction of sp³-hybridized carbons (Fsp3) is 0.188. The van der Waals surface area contributed by atoms with Gasteiger partial charge in [0.1, 0.15) is 17.4 Å². The number of ether oxygens (including phenoxy) is 1. The van der Waals surface area contributed by atoms with Crippen molar-refractivity contribution >= 4 is 40.4 Å². The van der Waals surface area contributed by atoms with Crippen molar-refractivity contribution in [2.75, 3.05) is 6.26 Å². The Labute approximate surface area is 147 Å². The number of aromatic nitrogens is 3. The highest BCUT2D eigenvalue weighted by Crippen LogP contribution is 2.36. The zero-order chi connectivity index (χ0) is 17.3. The number of carbonyl (C=O) groups is 1. The summed E-state index contributed by atoms with van der Waals surface area (Å²) >= 11 is 7.44. The fourth-order valence-electron chi connectivity index (χ4n) is 2.35. The third-order valence-electron chi connectivity index (χ3n) is 3.53. The molecule has 0 aliphatic carbocycles. The van der Waals surface area contributed by atoms with E-state index in [1.807, 2.05) is 36.6 Å². The number of hydrogen-bond acceptors (Lipinski definition) is 6. The molecule has 0 atom stereocenters. The summed E-state index contributed by atoms with van der Waals surface area (Å²) in [6.45, 7) is 0.107. The van der Waals surface area contributed by atoms with Gasteiger partial charge in [-0.2, -0.15) is 0 Å². The minimum atomic E-state index is -0.654. The van der Waals surface area contributed by atoms with E-state index < -0.39 is 5.97 Å². The molecule has 24 heavy (non-hydrogen) atoms. The van der Waals surface area contributed by atoms with Crippen molar-refractivity contribution in [3.63, 3.8) is 0 Å². The molecule has 8 heteroatoms. The van der Waals surface area contributed by atoms with Gasteiger partial charge in [0, 0.05) is 7.05 Å². The number of thioether (sulfide) groups is 1. The molecular weight excluding hydrogens is 350 g/mol. The Morgan fingerprint density at radius 3 is 2.71 bits per heavy atom. The van der Waals surface area contributed by atoms with Crippen LogP contribution in [-0.2, 0) is 18.4 Å². The summed E-state index contributed by atoms with van der Waals surface area (Å²) in [6, 6.07) is 9.29. The molecule has 6 nitrogen and oxygen atoms in total. The third-order valence-corrected chi connectivity index (χ3v) is 4.35. The topological polar surface area (TPSA) is 77.2 Å². The summed E-state index contributed by atoms with van der Waals surface area (Å²) in [4.78, 5) is 20.8. The van der Waals surface area contributed by atoms with Crippen molar-refractivity contribution in [3.05, 3.63) is 46.7 Å². The summed E-state index contributed by atoms with van der Waals surface area (Å²) in [6.07, 6.45) is 1.81. The molecule has 0 aliphatic rings. The Morgan fingerprint density at radius 2 is 2.04 bits per heavy atom. The van der Waals surface area contributed by atoms with Gasteiger partial charge in [0.2, 0.25) is 0 Å². The predicted octanol–water partition coefficient (Wildman–Crippen LogP) is 3.41. The highest BCUT2D eigenvalue weighted by molar-refractivity contribution is 7.98. The van der Waals surface area contributed by atoms with Crippen molar-refractivity contribution in [2.45, 2.75) is 11.8 Å². The summed E-state index contributed by atoms with van der Waals surface area (Å²) in [5, 5.41) is 11.2. The number of nitrogens with zero attached hydrogens (tertiary/aromatic N) is 3. The lowest BCUT2D eigenvalue weighted by atomic mass is 10.2. The van der Waals surface area contributed by atoms with Crippen LogP contribution in [0.1, 0.15) is 16.1 Å². The zero-order valence-corrected chi connectivity index (χ0v) is 14.6.